The van der Waals surface area contributed by atoms with Gasteiger partial charge in [0.1, 0.15) is 0 Å². The van der Waals surface area contributed by atoms with Gasteiger partial charge in [0.2, 0.25) is 11.8 Å². The molecule has 0 aliphatic carbocycles. The molecule has 0 spiro atoms. The number of nitrogens with zero attached hydrogens (tertiary/aromatic N) is 1. The lowest BCUT2D eigenvalue weighted by molar-refractivity contribution is -0.139. The van der Waals surface area contributed by atoms with Gasteiger partial charge in [0.15, 0.2) is 6.61 Å². The lowest BCUT2D eigenvalue weighted by Crippen LogP contribution is -2.20. The summed E-state index contributed by atoms with van der Waals surface area (Å²) in [7, 11) is 0. The summed E-state index contributed by atoms with van der Waals surface area (Å²) < 4.78 is 5.35. The van der Waals surface area contributed by atoms with E-state index in [1.807, 2.05) is 60.7 Å². The maximum Gasteiger partial charge on any atom is 0.341 e. The third-order valence-corrected chi connectivity index (χ3v) is 4.26. The van der Waals surface area contributed by atoms with Gasteiger partial charge >= 0.3 is 5.97 Å². The van der Waals surface area contributed by atoms with Gasteiger partial charge in [-0.05, 0) is 23.1 Å². The summed E-state index contributed by atoms with van der Waals surface area (Å²) in [6, 6.07) is 19.2. The zero-order chi connectivity index (χ0) is 19.9. The largest absolute Gasteiger partial charge is 0.479 e. The fraction of sp³-hybridized carbons (Fsp3) is 0.136. The van der Waals surface area contributed by atoms with Gasteiger partial charge in [0.05, 0.1) is 5.56 Å². The molecule has 3 rings (SSSR count). The second-order valence-corrected chi connectivity index (χ2v) is 6.31. The monoisotopic (exact) mass is 376 g/mol. The number of benzene rings is 2. The van der Waals surface area contributed by atoms with Crippen LogP contribution in [0.15, 0.2) is 66.9 Å². The molecule has 2 aromatic carbocycles. The molecule has 0 fully saturated rings. The SMILES string of the molecule is NC(=O)c1c(Cc2ccccc2)cnc(OCC(=O)O)c1Cc1ccccc1. The summed E-state index contributed by atoms with van der Waals surface area (Å²) in [6.45, 7) is -0.551. The molecule has 142 valence electrons. The number of hydrogen-bond acceptors (Lipinski definition) is 4. The Balaban J connectivity index is 2.07. The van der Waals surface area contributed by atoms with E-state index in [-0.39, 0.29) is 5.88 Å². The first kappa shape index (κ1) is 19.1. The summed E-state index contributed by atoms with van der Waals surface area (Å²) in [6.07, 6.45) is 2.36. The van der Waals surface area contributed by atoms with E-state index in [0.717, 1.165) is 11.1 Å². The molecule has 1 amide bonds. The predicted octanol–water partition coefficient (Wildman–Crippen LogP) is 2.83. The molecule has 1 aromatic heterocycles. The third kappa shape index (κ3) is 4.73. The highest BCUT2D eigenvalue weighted by molar-refractivity contribution is 5.96. The molecule has 28 heavy (non-hydrogen) atoms. The van der Waals surface area contributed by atoms with Crippen molar-refractivity contribution in [3.8, 4) is 5.88 Å². The number of primary amides is 1. The van der Waals surface area contributed by atoms with Crippen LogP contribution in [-0.2, 0) is 17.6 Å². The van der Waals surface area contributed by atoms with Crippen molar-refractivity contribution in [3.63, 3.8) is 0 Å². The van der Waals surface area contributed by atoms with Gasteiger partial charge in [0.25, 0.3) is 0 Å². The number of nitrogens with two attached hydrogens (primary N) is 1. The molecule has 0 aliphatic heterocycles. The Morgan fingerprint density at radius 3 is 2.04 bits per heavy atom. The van der Waals surface area contributed by atoms with E-state index in [9.17, 15) is 9.59 Å². The van der Waals surface area contributed by atoms with Crippen LogP contribution in [0.4, 0.5) is 0 Å². The van der Waals surface area contributed by atoms with Gasteiger partial charge in [-0.1, -0.05) is 60.7 Å². The summed E-state index contributed by atoms with van der Waals surface area (Å²) in [5, 5.41) is 8.94. The number of carboxylic acids is 1. The number of rotatable bonds is 8. The minimum absolute atomic E-state index is 0.108. The molecular formula is C22H20N2O4. The Bertz CT molecular complexity index is 973. The van der Waals surface area contributed by atoms with Crippen molar-refractivity contribution in [3.05, 3.63) is 94.7 Å². The summed E-state index contributed by atoms with van der Waals surface area (Å²) in [5.74, 6) is -1.61. The summed E-state index contributed by atoms with van der Waals surface area (Å²) in [5.41, 5.74) is 9.14. The third-order valence-electron chi connectivity index (χ3n) is 4.26. The number of hydrogen-bond donors (Lipinski definition) is 2. The molecule has 3 aromatic rings. The quantitative estimate of drug-likeness (QED) is 0.629. The van der Waals surface area contributed by atoms with Gasteiger partial charge < -0.3 is 15.6 Å². The standard InChI is InChI=1S/C22H20N2O4/c23-21(27)20-17(11-15-7-3-1-4-8-15)13-24-22(28-14-19(25)26)18(20)12-16-9-5-2-6-10-16/h1-10,13H,11-12,14H2,(H2,23,27)(H,25,26). The number of ether oxygens (including phenoxy) is 1. The molecule has 6 nitrogen and oxygen atoms in total. The molecule has 1 heterocycles. The van der Waals surface area contributed by atoms with Crippen molar-refractivity contribution < 1.29 is 19.4 Å². The zero-order valence-electron chi connectivity index (χ0n) is 15.2. The number of aromatic nitrogens is 1. The second-order valence-electron chi connectivity index (χ2n) is 6.31. The van der Waals surface area contributed by atoms with Crippen molar-refractivity contribution in [2.75, 3.05) is 6.61 Å². The van der Waals surface area contributed by atoms with Crippen LogP contribution in [0.3, 0.4) is 0 Å². The van der Waals surface area contributed by atoms with Gasteiger partial charge in [-0.2, -0.15) is 0 Å². The first-order valence-electron chi connectivity index (χ1n) is 8.77. The lowest BCUT2D eigenvalue weighted by Gasteiger charge is -2.16. The molecule has 3 N–H and O–H groups in total. The first-order chi connectivity index (χ1) is 13.5. The number of carbonyl (C=O) groups excluding carboxylic acids is 1. The van der Waals surface area contributed by atoms with Gasteiger partial charge in [0, 0.05) is 18.2 Å². The first-order valence-corrected chi connectivity index (χ1v) is 8.77. The maximum atomic E-state index is 12.3. The van der Waals surface area contributed by atoms with E-state index in [4.69, 9.17) is 15.6 Å². The van der Waals surface area contributed by atoms with Crippen LogP contribution in [0.1, 0.15) is 32.6 Å². The molecular weight excluding hydrogens is 356 g/mol. The molecule has 0 aliphatic rings. The van der Waals surface area contributed by atoms with Crippen LogP contribution in [0.5, 0.6) is 5.88 Å². The minimum atomic E-state index is -1.12. The van der Waals surface area contributed by atoms with Crippen LogP contribution >= 0.6 is 0 Å². The Morgan fingerprint density at radius 1 is 0.929 bits per heavy atom. The Labute approximate surface area is 162 Å². The topological polar surface area (TPSA) is 103 Å². The number of carbonyl (C=O) groups is 2. The zero-order valence-corrected chi connectivity index (χ0v) is 15.2. The van der Waals surface area contributed by atoms with Crippen molar-refractivity contribution in [2.24, 2.45) is 5.73 Å². The van der Waals surface area contributed by atoms with Crippen LogP contribution in [0.2, 0.25) is 0 Å². The van der Waals surface area contributed by atoms with Gasteiger partial charge in [-0.3, -0.25) is 4.79 Å². The molecule has 0 saturated carbocycles. The van der Waals surface area contributed by atoms with Crippen molar-refractivity contribution in [1.82, 2.24) is 4.98 Å². The van der Waals surface area contributed by atoms with Crippen LogP contribution < -0.4 is 10.5 Å². The average Bonchev–Trinajstić information content (AvgIpc) is 2.68. The molecule has 0 radical (unpaired) electrons. The van der Waals surface area contributed by atoms with E-state index < -0.39 is 18.5 Å². The maximum absolute atomic E-state index is 12.3. The number of pyridine rings is 1. The summed E-state index contributed by atoms with van der Waals surface area (Å²) >= 11 is 0. The highest BCUT2D eigenvalue weighted by atomic mass is 16.5. The Kier molecular flexibility index (Phi) is 6.01. The number of carboxylic acid groups (broad SMARTS) is 1. The van der Waals surface area contributed by atoms with Crippen LogP contribution in [0, 0.1) is 0 Å². The lowest BCUT2D eigenvalue weighted by atomic mass is 9.94. The van der Waals surface area contributed by atoms with E-state index in [1.54, 1.807) is 0 Å². The fourth-order valence-electron chi connectivity index (χ4n) is 3.05. The highest BCUT2D eigenvalue weighted by Crippen LogP contribution is 2.27. The Morgan fingerprint density at radius 2 is 1.50 bits per heavy atom. The highest BCUT2D eigenvalue weighted by Gasteiger charge is 2.21. The minimum Gasteiger partial charge on any atom is -0.479 e. The molecule has 0 bridgehead atoms. The van der Waals surface area contributed by atoms with Gasteiger partial charge in [-0.15, -0.1) is 0 Å². The predicted molar refractivity (Wildman–Crippen MR) is 104 cm³/mol. The van der Waals surface area contributed by atoms with Crippen molar-refractivity contribution in [2.45, 2.75) is 12.8 Å². The van der Waals surface area contributed by atoms with E-state index in [0.29, 0.717) is 29.5 Å². The molecule has 0 unspecified atom stereocenters. The molecule has 0 atom stereocenters. The average molecular weight is 376 g/mol. The van der Waals surface area contributed by atoms with E-state index in [1.165, 1.54) is 6.20 Å². The Hall–Kier alpha value is -3.67. The molecule has 6 heteroatoms. The van der Waals surface area contributed by atoms with Crippen LogP contribution in [0.25, 0.3) is 0 Å². The van der Waals surface area contributed by atoms with Crippen LogP contribution in [-0.4, -0.2) is 28.6 Å². The van der Waals surface area contributed by atoms with Gasteiger partial charge in [-0.25, -0.2) is 9.78 Å². The second kappa shape index (κ2) is 8.81. The fourth-order valence-corrected chi connectivity index (χ4v) is 3.05. The molecule has 0 saturated heterocycles. The number of amides is 1. The van der Waals surface area contributed by atoms with E-state index >= 15 is 0 Å². The number of aliphatic carboxylic acids is 1. The normalized spacial score (nSPS) is 10.4. The van der Waals surface area contributed by atoms with Crippen molar-refractivity contribution >= 4 is 11.9 Å². The van der Waals surface area contributed by atoms with E-state index in [2.05, 4.69) is 4.98 Å². The smallest absolute Gasteiger partial charge is 0.341 e. The summed E-state index contributed by atoms with van der Waals surface area (Å²) in [4.78, 5) is 27.6. The van der Waals surface area contributed by atoms with Crippen molar-refractivity contribution in [1.29, 1.82) is 0 Å².